The number of nitrogens with one attached hydrogen (secondary N) is 1. The molecule has 2 heterocycles. The molecule has 2 aromatic heterocycles. The van der Waals surface area contributed by atoms with Crippen LogP contribution in [0.1, 0.15) is 47.8 Å². The van der Waals surface area contributed by atoms with E-state index in [1.165, 1.54) is 23.3 Å². The van der Waals surface area contributed by atoms with Crippen LogP contribution in [0, 0.1) is 12.8 Å². The lowest BCUT2D eigenvalue weighted by molar-refractivity contribution is 0.0607. The molecule has 4 aromatic rings. The van der Waals surface area contributed by atoms with Crippen molar-refractivity contribution in [3.63, 3.8) is 0 Å². The van der Waals surface area contributed by atoms with Crippen LogP contribution in [0.25, 0.3) is 21.7 Å². The summed E-state index contributed by atoms with van der Waals surface area (Å²) in [6, 6.07) is 15.7. The molecule has 0 fully saturated rings. The SMILES string of the molecule is CC.COC(=O)c1sc(-c2cccc(OC)c2)cc1Nc1nc(-c2ccc(C)c(Cl)c2)c(CC(C)C)s1. The molecule has 0 aliphatic rings. The molecule has 8 heteroatoms. The number of carbonyl (C=O) groups excluding carboxylic acids is 1. The van der Waals surface area contributed by atoms with Crippen molar-refractivity contribution in [3.8, 4) is 27.4 Å². The molecule has 0 atom stereocenters. The lowest BCUT2D eigenvalue weighted by Crippen LogP contribution is -2.01. The maximum atomic E-state index is 12.6. The van der Waals surface area contributed by atoms with Crippen molar-refractivity contribution < 1.29 is 14.3 Å². The van der Waals surface area contributed by atoms with Gasteiger partial charge in [0.25, 0.3) is 0 Å². The van der Waals surface area contributed by atoms with Gasteiger partial charge in [-0.25, -0.2) is 9.78 Å². The van der Waals surface area contributed by atoms with Crippen LogP contribution < -0.4 is 10.1 Å². The first-order chi connectivity index (χ1) is 17.8. The topological polar surface area (TPSA) is 60.5 Å². The van der Waals surface area contributed by atoms with Gasteiger partial charge < -0.3 is 14.8 Å². The number of rotatable bonds is 8. The molecule has 0 bridgehead atoms. The molecule has 4 rings (SSSR count). The monoisotopic (exact) mass is 556 g/mol. The van der Waals surface area contributed by atoms with Crippen LogP contribution in [0.5, 0.6) is 5.75 Å². The van der Waals surface area contributed by atoms with Gasteiger partial charge in [-0.1, -0.05) is 63.6 Å². The molecular formula is C29H33ClN2O3S2. The zero-order valence-corrected chi connectivity index (χ0v) is 24.7. The van der Waals surface area contributed by atoms with Gasteiger partial charge in [-0.3, -0.25) is 0 Å². The number of aromatic nitrogens is 1. The minimum atomic E-state index is -0.392. The van der Waals surface area contributed by atoms with E-state index in [1.807, 2.05) is 63.2 Å². The van der Waals surface area contributed by atoms with Crippen molar-refractivity contribution in [2.45, 2.75) is 41.0 Å². The Morgan fingerprint density at radius 1 is 1.05 bits per heavy atom. The van der Waals surface area contributed by atoms with Gasteiger partial charge in [-0.2, -0.15) is 0 Å². The Bertz CT molecular complexity index is 1360. The van der Waals surface area contributed by atoms with E-state index < -0.39 is 5.97 Å². The van der Waals surface area contributed by atoms with E-state index in [4.69, 9.17) is 26.1 Å². The second kappa shape index (κ2) is 13.1. The number of benzene rings is 2. The molecule has 0 radical (unpaired) electrons. The maximum Gasteiger partial charge on any atom is 0.350 e. The summed E-state index contributed by atoms with van der Waals surface area (Å²) in [4.78, 5) is 20.1. The van der Waals surface area contributed by atoms with Crippen LogP contribution in [0.4, 0.5) is 10.8 Å². The first-order valence-corrected chi connectivity index (χ1v) is 14.2. The minimum Gasteiger partial charge on any atom is -0.497 e. The Hall–Kier alpha value is -2.87. The van der Waals surface area contributed by atoms with E-state index in [2.05, 4.69) is 25.2 Å². The van der Waals surface area contributed by atoms with E-state index >= 15 is 0 Å². The minimum absolute atomic E-state index is 0.392. The summed E-state index contributed by atoms with van der Waals surface area (Å²) >= 11 is 9.38. The number of hydrogen-bond acceptors (Lipinski definition) is 7. The molecule has 0 spiro atoms. The number of thiazole rings is 1. The Labute approximate surface area is 232 Å². The largest absolute Gasteiger partial charge is 0.497 e. The average Bonchev–Trinajstić information content (AvgIpc) is 3.50. The summed E-state index contributed by atoms with van der Waals surface area (Å²) in [5.41, 5.74) is 4.55. The van der Waals surface area contributed by atoms with Gasteiger partial charge in [-0.15, -0.1) is 22.7 Å². The van der Waals surface area contributed by atoms with Gasteiger partial charge in [0.05, 0.1) is 25.6 Å². The van der Waals surface area contributed by atoms with Crippen LogP contribution in [-0.4, -0.2) is 25.2 Å². The van der Waals surface area contributed by atoms with Crippen molar-refractivity contribution in [1.82, 2.24) is 4.98 Å². The Morgan fingerprint density at radius 2 is 1.81 bits per heavy atom. The third-order valence-corrected chi connectivity index (χ3v) is 8.00. The number of ether oxygens (including phenoxy) is 2. The van der Waals surface area contributed by atoms with Crippen molar-refractivity contribution in [3.05, 3.63) is 68.9 Å². The Kier molecular flexibility index (Phi) is 10.1. The number of nitrogens with zero attached hydrogens (tertiary/aromatic N) is 1. The summed E-state index contributed by atoms with van der Waals surface area (Å²) < 4.78 is 10.4. The third-order valence-electron chi connectivity index (χ3n) is 5.43. The maximum absolute atomic E-state index is 12.6. The van der Waals surface area contributed by atoms with E-state index in [-0.39, 0.29) is 0 Å². The van der Waals surface area contributed by atoms with Crippen LogP contribution >= 0.6 is 34.3 Å². The van der Waals surface area contributed by atoms with Gasteiger partial charge in [0.2, 0.25) is 0 Å². The second-order valence-corrected chi connectivity index (χ2v) is 11.1. The number of anilines is 2. The molecule has 0 unspecified atom stereocenters. The zero-order valence-electron chi connectivity index (χ0n) is 22.3. The lowest BCUT2D eigenvalue weighted by Gasteiger charge is -2.06. The number of methoxy groups -OCH3 is 2. The van der Waals surface area contributed by atoms with E-state index in [1.54, 1.807) is 18.4 Å². The standard InChI is InChI=1S/C27H27ClN2O3S2.C2H6/c1-15(2)11-23-24(18-10-9-16(3)20(28)13-18)30-27(35-23)29-21-14-22(34-25(21)26(31)33-5)17-7-6-8-19(12-17)32-4;1-2/h6-10,12-15H,11H2,1-5H3,(H,29,30);1-2H3. The van der Waals surface area contributed by atoms with Crippen LogP contribution in [0.2, 0.25) is 5.02 Å². The van der Waals surface area contributed by atoms with Gasteiger partial charge >= 0.3 is 5.97 Å². The van der Waals surface area contributed by atoms with Gasteiger partial charge in [0.15, 0.2) is 5.13 Å². The second-order valence-electron chi connectivity index (χ2n) is 8.55. The molecular weight excluding hydrogens is 524 g/mol. The molecule has 0 saturated heterocycles. The fourth-order valence-corrected chi connectivity index (χ4v) is 6.06. The summed E-state index contributed by atoms with van der Waals surface area (Å²) in [5, 5.41) is 4.82. The first-order valence-electron chi connectivity index (χ1n) is 12.2. The molecule has 2 aromatic carbocycles. The molecule has 0 saturated carbocycles. The fourth-order valence-electron chi connectivity index (χ4n) is 3.64. The number of hydrogen-bond donors (Lipinski definition) is 1. The highest BCUT2D eigenvalue weighted by Crippen LogP contribution is 2.40. The lowest BCUT2D eigenvalue weighted by atomic mass is 10.0. The van der Waals surface area contributed by atoms with Crippen molar-refractivity contribution in [1.29, 1.82) is 0 Å². The highest BCUT2D eigenvalue weighted by molar-refractivity contribution is 7.18. The fraction of sp³-hybridized carbons (Fsp3) is 0.310. The van der Waals surface area contributed by atoms with Crippen LogP contribution in [0.3, 0.4) is 0 Å². The Balaban J connectivity index is 0.00000186. The number of carbonyl (C=O) groups is 1. The molecule has 1 N–H and O–H groups in total. The van der Waals surface area contributed by atoms with E-state index in [9.17, 15) is 4.79 Å². The smallest absolute Gasteiger partial charge is 0.350 e. The van der Waals surface area contributed by atoms with Gasteiger partial charge in [0, 0.05) is 20.3 Å². The first kappa shape index (κ1) is 28.7. The summed E-state index contributed by atoms with van der Waals surface area (Å²) in [7, 11) is 3.02. The zero-order chi connectivity index (χ0) is 27.1. The summed E-state index contributed by atoms with van der Waals surface area (Å²) in [5.74, 6) is 0.829. The van der Waals surface area contributed by atoms with Gasteiger partial charge in [-0.05, 0) is 54.7 Å². The van der Waals surface area contributed by atoms with E-state index in [0.717, 1.165) is 39.4 Å². The number of esters is 1. The average molecular weight is 557 g/mol. The highest BCUT2D eigenvalue weighted by atomic mass is 35.5. The van der Waals surface area contributed by atoms with Crippen molar-refractivity contribution >= 4 is 51.1 Å². The predicted molar refractivity (Wildman–Crippen MR) is 158 cm³/mol. The number of thiophene rings is 1. The highest BCUT2D eigenvalue weighted by Gasteiger charge is 2.21. The molecule has 5 nitrogen and oxygen atoms in total. The van der Waals surface area contributed by atoms with Gasteiger partial charge in [0.1, 0.15) is 10.6 Å². The molecule has 0 aliphatic heterocycles. The number of halogens is 1. The molecule has 37 heavy (non-hydrogen) atoms. The summed E-state index contributed by atoms with van der Waals surface area (Å²) in [6.07, 6.45) is 0.892. The third kappa shape index (κ3) is 6.92. The Morgan fingerprint density at radius 3 is 2.46 bits per heavy atom. The normalized spacial score (nSPS) is 10.6. The van der Waals surface area contributed by atoms with Crippen molar-refractivity contribution in [2.24, 2.45) is 5.92 Å². The molecule has 0 aliphatic carbocycles. The summed E-state index contributed by atoms with van der Waals surface area (Å²) in [6.45, 7) is 10.4. The molecule has 196 valence electrons. The van der Waals surface area contributed by atoms with E-state index in [0.29, 0.717) is 26.6 Å². The quantitative estimate of drug-likeness (QED) is 0.219. The number of aryl methyl sites for hydroxylation is 1. The predicted octanol–water partition coefficient (Wildman–Crippen LogP) is 9.26. The van der Waals surface area contributed by atoms with Crippen molar-refractivity contribution in [2.75, 3.05) is 19.5 Å². The van der Waals surface area contributed by atoms with Crippen LogP contribution in [-0.2, 0) is 11.2 Å². The van der Waals surface area contributed by atoms with Crippen LogP contribution in [0.15, 0.2) is 48.5 Å². The molecule has 0 amide bonds.